The van der Waals surface area contributed by atoms with Crippen molar-refractivity contribution in [3.05, 3.63) is 101 Å². The second-order valence-electron chi connectivity index (χ2n) is 9.29. The maximum absolute atomic E-state index is 12.6. The molecule has 0 heterocycles. The van der Waals surface area contributed by atoms with Crippen molar-refractivity contribution >= 4 is 46.7 Å². The van der Waals surface area contributed by atoms with Gasteiger partial charge in [0.05, 0.1) is 12.7 Å². The summed E-state index contributed by atoms with van der Waals surface area (Å²) in [4.78, 5) is 48.8. The third kappa shape index (κ3) is 7.47. The number of hydrogen-bond donors (Lipinski definition) is 4. The highest BCUT2D eigenvalue weighted by Crippen LogP contribution is 2.22. The Labute approximate surface area is 225 Å². The number of methoxy groups -OCH3 is 1. The van der Waals surface area contributed by atoms with E-state index in [9.17, 15) is 19.2 Å². The number of carbonyl (C=O) groups is 4. The Morgan fingerprint density at radius 1 is 0.658 bits per heavy atom. The predicted molar refractivity (Wildman–Crippen MR) is 148 cm³/mol. The summed E-state index contributed by atoms with van der Waals surface area (Å²) < 4.78 is 4.62. The van der Waals surface area contributed by atoms with E-state index in [4.69, 9.17) is 12.2 Å². The van der Waals surface area contributed by atoms with E-state index in [-0.39, 0.29) is 22.0 Å². The molecule has 3 rings (SSSR count). The van der Waals surface area contributed by atoms with Crippen LogP contribution in [0.3, 0.4) is 0 Å². The second kappa shape index (κ2) is 12.1. The molecule has 0 bridgehead atoms. The fourth-order valence-electron chi connectivity index (χ4n) is 3.30. The number of amides is 3. The molecule has 0 aliphatic heterocycles. The van der Waals surface area contributed by atoms with Crippen molar-refractivity contribution in [2.75, 3.05) is 12.4 Å². The average molecular weight is 533 g/mol. The molecule has 0 aromatic heterocycles. The van der Waals surface area contributed by atoms with Gasteiger partial charge in [0, 0.05) is 22.4 Å². The third-order valence-corrected chi connectivity index (χ3v) is 5.71. The molecule has 9 nitrogen and oxygen atoms in total. The molecule has 10 heteroatoms. The molecule has 0 atom stereocenters. The van der Waals surface area contributed by atoms with E-state index in [1.165, 1.54) is 31.4 Å². The van der Waals surface area contributed by atoms with Crippen molar-refractivity contribution in [3.8, 4) is 0 Å². The highest BCUT2D eigenvalue weighted by Gasteiger charge is 2.15. The van der Waals surface area contributed by atoms with Crippen LogP contribution >= 0.6 is 12.2 Å². The van der Waals surface area contributed by atoms with Crippen molar-refractivity contribution in [1.82, 2.24) is 16.2 Å². The fourth-order valence-corrected chi connectivity index (χ4v) is 3.44. The summed E-state index contributed by atoms with van der Waals surface area (Å²) in [6.45, 7) is 6.31. The van der Waals surface area contributed by atoms with Crippen LogP contribution in [0, 0.1) is 0 Å². The molecule has 0 aliphatic carbocycles. The first-order chi connectivity index (χ1) is 18.0. The van der Waals surface area contributed by atoms with E-state index in [0.29, 0.717) is 22.4 Å². The van der Waals surface area contributed by atoms with Crippen LogP contribution in [0.15, 0.2) is 72.8 Å². The van der Waals surface area contributed by atoms with Crippen LogP contribution in [0.4, 0.5) is 5.69 Å². The molecule has 3 aromatic rings. The lowest BCUT2D eigenvalue weighted by Crippen LogP contribution is -2.48. The Morgan fingerprint density at radius 3 is 1.68 bits per heavy atom. The van der Waals surface area contributed by atoms with Crippen molar-refractivity contribution in [1.29, 1.82) is 0 Å². The van der Waals surface area contributed by atoms with Gasteiger partial charge in [-0.1, -0.05) is 32.9 Å². The van der Waals surface area contributed by atoms with Gasteiger partial charge in [-0.3, -0.25) is 30.6 Å². The van der Waals surface area contributed by atoms with Crippen LogP contribution in [0.25, 0.3) is 0 Å². The lowest BCUT2D eigenvalue weighted by atomic mass is 9.87. The third-order valence-electron chi connectivity index (χ3n) is 5.50. The zero-order chi connectivity index (χ0) is 27.9. The van der Waals surface area contributed by atoms with Crippen molar-refractivity contribution in [2.24, 2.45) is 0 Å². The zero-order valence-corrected chi connectivity index (χ0v) is 22.2. The number of anilines is 1. The van der Waals surface area contributed by atoms with E-state index in [1.54, 1.807) is 36.4 Å². The monoisotopic (exact) mass is 532 g/mol. The van der Waals surface area contributed by atoms with Gasteiger partial charge in [0.25, 0.3) is 17.7 Å². The highest BCUT2D eigenvalue weighted by molar-refractivity contribution is 7.80. The van der Waals surface area contributed by atoms with Crippen LogP contribution in [0.1, 0.15) is 67.8 Å². The molecule has 0 spiro atoms. The fraction of sp³-hybridized carbons (Fsp3) is 0.179. The summed E-state index contributed by atoms with van der Waals surface area (Å²) in [7, 11) is 1.27. The molecule has 4 N–H and O–H groups in total. The summed E-state index contributed by atoms with van der Waals surface area (Å²) >= 11 is 5.05. The van der Waals surface area contributed by atoms with Crippen LogP contribution in [0.2, 0.25) is 0 Å². The Bertz CT molecular complexity index is 1350. The number of hydrazine groups is 1. The first kappa shape index (κ1) is 28.0. The van der Waals surface area contributed by atoms with E-state index in [1.807, 2.05) is 12.1 Å². The molecule has 0 saturated heterocycles. The molecular weight excluding hydrogens is 504 g/mol. The first-order valence-corrected chi connectivity index (χ1v) is 12.0. The zero-order valence-electron chi connectivity index (χ0n) is 21.4. The summed E-state index contributed by atoms with van der Waals surface area (Å²) in [6.07, 6.45) is 0. The standard InChI is InChI=1S/C28H28N4O5S/c1-28(2,3)21-13-9-18(10-14-21)23(33)29-22-15-11-19(12-16-22)25(35)31-32-27(38)30-24(34)17-5-7-20(8-6-17)26(36)37-4/h5-16H,1-4H3,(H,29,33)(H,31,35)(H2,30,32,34,38). The largest absolute Gasteiger partial charge is 0.465 e. The van der Waals surface area contributed by atoms with E-state index >= 15 is 0 Å². The first-order valence-electron chi connectivity index (χ1n) is 11.6. The van der Waals surface area contributed by atoms with E-state index in [2.05, 4.69) is 47.0 Å². The smallest absolute Gasteiger partial charge is 0.337 e. The average Bonchev–Trinajstić information content (AvgIpc) is 2.91. The van der Waals surface area contributed by atoms with E-state index in [0.717, 1.165) is 5.56 Å². The van der Waals surface area contributed by atoms with Gasteiger partial charge < -0.3 is 10.1 Å². The summed E-state index contributed by atoms with van der Waals surface area (Å²) in [6, 6.07) is 19.5. The normalized spacial score (nSPS) is 10.6. The van der Waals surface area contributed by atoms with Crippen LogP contribution in [0.5, 0.6) is 0 Å². The van der Waals surface area contributed by atoms with Gasteiger partial charge in [-0.2, -0.15) is 0 Å². The maximum atomic E-state index is 12.6. The quantitative estimate of drug-likeness (QED) is 0.223. The minimum absolute atomic E-state index is 0.00513. The number of hydrogen-bond acceptors (Lipinski definition) is 6. The van der Waals surface area contributed by atoms with Gasteiger partial charge in [0.2, 0.25) is 0 Å². The highest BCUT2D eigenvalue weighted by atomic mass is 32.1. The van der Waals surface area contributed by atoms with Gasteiger partial charge >= 0.3 is 5.97 Å². The summed E-state index contributed by atoms with van der Waals surface area (Å²) in [5, 5.41) is 5.11. The molecule has 0 aliphatic rings. The van der Waals surface area contributed by atoms with Gasteiger partial charge in [-0.05, 0) is 83.9 Å². The number of carbonyl (C=O) groups excluding carboxylic acids is 4. The number of nitrogens with one attached hydrogen (secondary N) is 4. The Balaban J connectivity index is 1.49. The lowest BCUT2D eigenvalue weighted by Gasteiger charge is -2.19. The van der Waals surface area contributed by atoms with Gasteiger partial charge in [-0.15, -0.1) is 0 Å². The van der Waals surface area contributed by atoms with Crippen molar-refractivity contribution < 1.29 is 23.9 Å². The lowest BCUT2D eigenvalue weighted by molar-refractivity contribution is 0.0600. The molecule has 3 aromatic carbocycles. The van der Waals surface area contributed by atoms with E-state index < -0.39 is 17.8 Å². The molecule has 0 unspecified atom stereocenters. The number of ether oxygens (including phenoxy) is 1. The number of benzene rings is 3. The number of rotatable bonds is 5. The minimum atomic E-state index is -0.527. The Hall–Kier alpha value is -4.57. The molecule has 0 saturated carbocycles. The van der Waals surface area contributed by atoms with Crippen LogP contribution in [-0.2, 0) is 10.2 Å². The SMILES string of the molecule is COC(=O)c1ccc(C(=O)NC(=S)NNC(=O)c2ccc(NC(=O)c3ccc(C(C)(C)C)cc3)cc2)cc1. The van der Waals surface area contributed by atoms with Crippen LogP contribution in [-0.4, -0.2) is 35.9 Å². The Morgan fingerprint density at radius 2 is 1.13 bits per heavy atom. The molecule has 0 fully saturated rings. The molecular formula is C28H28N4O5S. The maximum Gasteiger partial charge on any atom is 0.337 e. The second-order valence-corrected chi connectivity index (χ2v) is 9.70. The van der Waals surface area contributed by atoms with Crippen molar-refractivity contribution in [3.63, 3.8) is 0 Å². The van der Waals surface area contributed by atoms with Crippen LogP contribution < -0.4 is 21.5 Å². The van der Waals surface area contributed by atoms with Gasteiger partial charge in [0.1, 0.15) is 0 Å². The predicted octanol–water partition coefficient (Wildman–Crippen LogP) is 3.97. The molecule has 196 valence electrons. The number of thiocarbonyl (C=S) groups is 1. The summed E-state index contributed by atoms with van der Waals surface area (Å²) in [5.41, 5.74) is 7.90. The molecule has 3 amide bonds. The van der Waals surface area contributed by atoms with Gasteiger partial charge in [-0.25, -0.2) is 4.79 Å². The van der Waals surface area contributed by atoms with Gasteiger partial charge in [0.15, 0.2) is 5.11 Å². The minimum Gasteiger partial charge on any atom is -0.465 e. The molecule has 38 heavy (non-hydrogen) atoms. The summed E-state index contributed by atoms with van der Waals surface area (Å²) in [5.74, 6) is -1.80. The topological polar surface area (TPSA) is 126 Å². The van der Waals surface area contributed by atoms with Crippen molar-refractivity contribution in [2.45, 2.75) is 26.2 Å². The number of esters is 1. The molecule has 0 radical (unpaired) electrons. The Kier molecular flexibility index (Phi) is 8.93.